The first-order valence-corrected chi connectivity index (χ1v) is 10.8. The standard InChI is InChI=1S/C25H25F3N4O3/c1-15(29-21-14-13-20-22(23(21)33-4)31-24(30-20)32(2)3)16-5-7-17(8-6-16)34-18-9-11-19(12-10-18)35-25(26,27)28/h5-15,29H,1-4H3,(H,30,31). The van der Waals surface area contributed by atoms with Gasteiger partial charge in [0.2, 0.25) is 5.95 Å². The largest absolute Gasteiger partial charge is 0.573 e. The van der Waals surface area contributed by atoms with Crippen LogP contribution in [0.15, 0.2) is 60.7 Å². The lowest BCUT2D eigenvalue weighted by Crippen LogP contribution is -2.16. The molecule has 0 aliphatic carbocycles. The van der Waals surface area contributed by atoms with Gasteiger partial charge in [-0.2, -0.15) is 0 Å². The molecule has 0 saturated carbocycles. The Morgan fingerprint density at radius 2 is 1.51 bits per heavy atom. The Kier molecular flexibility index (Phi) is 6.63. The van der Waals surface area contributed by atoms with E-state index in [0.717, 1.165) is 28.2 Å². The van der Waals surface area contributed by atoms with Gasteiger partial charge in [-0.25, -0.2) is 4.98 Å². The number of benzene rings is 3. The quantitative estimate of drug-likeness (QED) is 0.296. The molecular formula is C25H25F3N4O3. The Morgan fingerprint density at radius 3 is 2.09 bits per heavy atom. The summed E-state index contributed by atoms with van der Waals surface area (Å²) in [6, 6.07) is 16.5. The van der Waals surface area contributed by atoms with Gasteiger partial charge in [0.1, 0.15) is 22.8 Å². The van der Waals surface area contributed by atoms with Crippen LogP contribution < -0.4 is 24.4 Å². The van der Waals surface area contributed by atoms with E-state index in [4.69, 9.17) is 9.47 Å². The molecule has 0 saturated heterocycles. The average Bonchev–Trinajstić information content (AvgIpc) is 3.25. The van der Waals surface area contributed by atoms with Gasteiger partial charge in [-0.15, -0.1) is 13.2 Å². The molecule has 0 radical (unpaired) electrons. The third-order valence-corrected chi connectivity index (χ3v) is 5.27. The summed E-state index contributed by atoms with van der Waals surface area (Å²) >= 11 is 0. The fraction of sp³-hybridized carbons (Fsp3) is 0.240. The number of nitrogens with one attached hydrogen (secondary N) is 2. The molecule has 10 heteroatoms. The number of H-pyrrole nitrogens is 1. The Morgan fingerprint density at radius 1 is 0.914 bits per heavy atom. The monoisotopic (exact) mass is 486 g/mol. The third kappa shape index (κ3) is 5.71. The first-order chi connectivity index (χ1) is 16.6. The SMILES string of the molecule is COc1c(NC(C)c2ccc(Oc3ccc(OC(F)(F)F)cc3)cc2)ccc2[nH]c(N(C)C)nc12. The number of ether oxygens (including phenoxy) is 3. The van der Waals surface area contributed by atoms with Gasteiger partial charge in [0.05, 0.1) is 18.3 Å². The second-order valence-corrected chi connectivity index (χ2v) is 8.05. The van der Waals surface area contributed by atoms with Crippen molar-refractivity contribution in [2.24, 2.45) is 0 Å². The van der Waals surface area contributed by atoms with Crippen molar-refractivity contribution >= 4 is 22.7 Å². The van der Waals surface area contributed by atoms with Gasteiger partial charge in [-0.1, -0.05) is 12.1 Å². The maximum atomic E-state index is 12.3. The van der Waals surface area contributed by atoms with E-state index in [9.17, 15) is 13.2 Å². The van der Waals surface area contributed by atoms with E-state index < -0.39 is 6.36 Å². The van der Waals surface area contributed by atoms with E-state index in [1.807, 2.05) is 50.2 Å². The normalized spacial score (nSPS) is 12.3. The van der Waals surface area contributed by atoms with E-state index in [1.54, 1.807) is 19.2 Å². The van der Waals surface area contributed by atoms with Crippen molar-refractivity contribution in [1.82, 2.24) is 9.97 Å². The van der Waals surface area contributed by atoms with Gasteiger partial charge < -0.3 is 29.4 Å². The first-order valence-electron chi connectivity index (χ1n) is 10.8. The minimum atomic E-state index is -4.73. The number of rotatable bonds is 8. The number of aromatic amines is 1. The molecule has 1 unspecified atom stereocenters. The van der Waals surface area contributed by atoms with Gasteiger partial charge in [0, 0.05) is 20.1 Å². The highest BCUT2D eigenvalue weighted by Crippen LogP contribution is 2.36. The van der Waals surface area contributed by atoms with Crippen LogP contribution in [0.5, 0.6) is 23.0 Å². The van der Waals surface area contributed by atoms with Crippen LogP contribution in [0, 0.1) is 0 Å². The summed E-state index contributed by atoms with van der Waals surface area (Å²) in [5.41, 5.74) is 3.43. The number of hydrogen-bond acceptors (Lipinski definition) is 6. The lowest BCUT2D eigenvalue weighted by atomic mass is 10.1. The maximum absolute atomic E-state index is 12.3. The molecule has 0 aliphatic rings. The van der Waals surface area contributed by atoms with Gasteiger partial charge >= 0.3 is 6.36 Å². The molecule has 184 valence electrons. The predicted octanol–water partition coefficient (Wildman–Crippen LogP) is 6.50. The Hall–Kier alpha value is -4.08. The van der Waals surface area contributed by atoms with Gasteiger partial charge in [0.25, 0.3) is 0 Å². The second-order valence-electron chi connectivity index (χ2n) is 8.05. The Balaban J connectivity index is 1.44. The van der Waals surface area contributed by atoms with Gasteiger partial charge in [0.15, 0.2) is 5.75 Å². The Bertz CT molecular complexity index is 1290. The highest BCUT2D eigenvalue weighted by atomic mass is 19.4. The number of nitrogens with zero attached hydrogens (tertiary/aromatic N) is 2. The van der Waals surface area contributed by atoms with Crippen molar-refractivity contribution in [3.63, 3.8) is 0 Å². The van der Waals surface area contributed by atoms with Crippen LogP contribution in [0.2, 0.25) is 0 Å². The minimum Gasteiger partial charge on any atom is -0.492 e. The molecule has 7 nitrogen and oxygen atoms in total. The van der Waals surface area contributed by atoms with E-state index in [2.05, 4.69) is 20.0 Å². The molecule has 1 heterocycles. The zero-order valence-electron chi connectivity index (χ0n) is 19.6. The molecule has 1 atom stereocenters. The minimum absolute atomic E-state index is 0.0542. The fourth-order valence-corrected chi connectivity index (χ4v) is 3.56. The Labute approximate surface area is 200 Å². The van der Waals surface area contributed by atoms with Crippen LogP contribution in [0.25, 0.3) is 11.0 Å². The van der Waals surface area contributed by atoms with E-state index >= 15 is 0 Å². The summed E-state index contributed by atoms with van der Waals surface area (Å²) in [6.45, 7) is 2.02. The van der Waals surface area contributed by atoms with Gasteiger partial charge in [-0.05, 0) is 61.0 Å². The van der Waals surface area contributed by atoms with Crippen molar-refractivity contribution in [2.75, 3.05) is 31.4 Å². The summed E-state index contributed by atoms with van der Waals surface area (Å²) in [6.07, 6.45) is -4.73. The van der Waals surface area contributed by atoms with Crippen molar-refractivity contribution in [3.05, 3.63) is 66.2 Å². The maximum Gasteiger partial charge on any atom is 0.573 e. The summed E-state index contributed by atoms with van der Waals surface area (Å²) in [4.78, 5) is 9.77. The number of fused-ring (bicyclic) bond motifs is 1. The molecule has 2 N–H and O–H groups in total. The third-order valence-electron chi connectivity index (χ3n) is 5.27. The number of halogens is 3. The second kappa shape index (κ2) is 9.65. The van der Waals surface area contributed by atoms with Crippen molar-refractivity contribution in [2.45, 2.75) is 19.3 Å². The summed E-state index contributed by atoms with van der Waals surface area (Å²) in [7, 11) is 5.44. The molecule has 4 rings (SSSR count). The highest BCUT2D eigenvalue weighted by Gasteiger charge is 2.31. The predicted molar refractivity (Wildman–Crippen MR) is 129 cm³/mol. The van der Waals surface area contributed by atoms with Crippen molar-refractivity contribution < 1.29 is 27.4 Å². The average molecular weight is 486 g/mol. The molecule has 4 aromatic rings. The molecule has 0 fully saturated rings. The molecular weight excluding hydrogens is 461 g/mol. The number of hydrogen-bond donors (Lipinski definition) is 2. The highest BCUT2D eigenvalue weighted by molar-refractivity contribution is 5.89. The van der Waals surface area contributed by atoms with Crippen LogP contribution >= 0.6 is 0 Å². The fourth-order valence-electron chi connectivity index (χ4n) is 3.56. The number of aromatic nitrogens is 2. The molecule has 0 spiro atoms. The molecule has 1 aromatic heterocycles. The molecule has 3 aromatic carbocycles. The van der Waals surface area contributed by atoms with Crippen LogP contribution in [0.4, 0.5) is 24.8 Å². The van der Waals surface area contributed by atoms with Crippen LogP contribution in [-0.4, -0.2) is 37.5 Å². The summed E-state index contributed by atoms with van der Waals surface area (Å²) in [5, 5.41) is 3.46. The van der Waals surface area contributed by atoms with E-state index in [1.165, 1.54) is 24.3 Å². The zero-order chi connectivity index (χ0) is 25.2. The lowest BCUT2D eigenvalue weighted by Gasteiger charge is -2.18. The first kappa shape index (κ1) is 24.1. The number of methoxy groups -OCH3 is 1. The van der Waals surface area contributed by atoms with Crippen molar-refractivity contribution in [3.8, 4) is 23.0 Å². The molecule has 35 heavy (non-hydrogen) atoms. The van der Waals surface area contributed by atoms with E-state index in [-0.39, 0.29) is 11.8 Å². The number of imidazole rings is 1. The van der Waals surface area contributed by atoms with Crippen molar-refractivity contribution in [1.29, 1.82) is 0 Å². The van der Waals surface area contributed by atoms with E-state index in [0.29, 0.717) is 17.2 Å². The molecule has 0 amide bonds. The van der Waals surface area contributed by atoms with Crippen LogP contribution in [-0.2, 0) is 0 Å². The number of alkyl halides is 3. The lowest BCUT2D eigenvalue weighted by molar-refractivity contribution is -0.274. The summed E-state index contributed by atoms with van der Waals surface area (Å²) in [5.74, 6) is 2.03. The molecule has 0 aliphatic heterocycles. The number of anilines is 2. The molecule has 0 bridgehead atoms. The van der Waals surface area contributed by atoms with Gasteiger partial charge in [-0.3, -0.25) is 0 Å². The smallest absolute Gasteiger partial charge is 0.492 e. The summed E-state index contributed by atoms with van der Waals surface area (Å²) < 4.78 is 52.2. The zero-order valence-corrected chi connectivity index (χ0v) is 19.6. The topological polar surface area (TPSA) is 71.6 Å². The van der Waals surface area contributed by atoms with Crippen LogP contribution in [0.3, 0.4) is 0 Å². The van der Waals surface area contributed by atoms with Crippen LogP contribution in [0.1, 0.15) is 18.5 Å².